The van der Waals surface area contributed by atoms with E-state index in [1.807, 2.05) is 30.3 Å². The molecule has 2 aromatic carbocycles. The number of nitrogens with zero attached hydrogens (tertiary/aromatic N) is 2. The van der Waals surface area contributed by atoms with Crippen molar-refractivity contribution in [3.63, 3.8) is 0 Å². The van der Waals surface area contributed by atoms with Gasteiger partial charge in [-0.15, -0.1) is 0 Å². The lowest BCUT2D eigenvalue weighted by Crippen LogP contribution is -2.32. The maximum absolute atomic E-state index is 13.3. The van der Waals surface area contributed by atoms with E-state index in [4.69, 9.17) is 0 Å². The summed E-state index contributed by atoms with van der Waals surface area (Å²) in [6.07, 6.45) is 8.43. The third-order valence-electron chi connectivity index (χ3n) is 5.75. The second-order valence-corrected chi connectivity index (χ2v) is 9.03. The van der Waals surface area contributed by atoms with Crippen LogP contribution in [-0.2, 0) is 4.79 Å². The molecular formula is C25H30N2OS. The molecule has 2 aliphatic rings. The molecule has 0 bridgehead atoms. The summed E-state index contributed by atoms with van der Waals surface area (Å²) in [5.74, 6) is 0.170. The van der Waals surface area contributed by atoms with Gasteiger partial charge in [-0.25, -0.2) is 0 Å². The topological polar surface area (TPSA) is 23.6 Å². The smallest absolute Gasteiger partial charge is 0.261 e. The summed E-state index contributed by atoms with van der Waals surface area (Å²) in [5, 5.41) is 0.0720. The van der Waals surface area contributed by atoms with Crippen LogP contribution in [0.3, 0.4) is 0 Å². The lowest BCUT2D eigenvalue weighted by molar-refractivity contribution is -0.126. The van der Waals surface area contributed by atoms with Crippen molar-refractivity contribution in [3.8, 4) is 0 Å². The minimum absolute atomic E-state index is 0.0720. The molecule has 1 atom stereocenters. The van der Waals surface area contributed by atoms with Crippen LogP contribution in [0.5, 0.6) is 0 Å². The molecule has 4 rings (SSSR count). The van der Waals surface area contributed by atoms with Crippen LogP contribution in [0.25, 0.3) is 6.08 Å². The minimum Gasteiger partial charge on any atom is -0.322 e. The van der Waals surface area contributed by atoms with E-state index in [0.717, 1.165) is 30.0 Å². The van der Waals surface area contributed by atoms with Gasteiger partial charge in [0.1, 0.15) is 5.37 Å². The van der Waals surface area contributed by atoms with E-state index in [0.29, 0.717) is 0 Å². The zero-order valence-electron chi connectivity index (χ0n) is 17.0. The molecule has 2 aliphatic heterocycles. The highest BCUT2D eigenvalue weighted by atomic mass is 32.2. The molecule has 0 saturated carbocycles. The molecule has 152 valence electrons. The summed E-state index contributed by atoms with van der Waals surface area (Å²) < 4.78 is 0. The van der Waals surface area contributed by atoms with Crippen molar-refractivity contribution in [1.82, 2.24) is 9.80 Å². The van der Waals surface area contributed by atoms with Gasteiger partial charge in [-0.2, -0.15) is 0 Å². The van der Waals surface area contributed by atoms with Crippen LogP contribution < -0.4 is 0 Å². The van der Waals surface area contributed by atoms with E-state index in [1.165, 1.54) is 44.3 Å². The molecule has 2 saturated heterocycles. The largest absolute Gasteiger partial charge is 0.322 e. The Balaban J connectivity index is 1.47. The van der Waals surface area contributed by atoms with Crippen LogP contribution in [0.15, 0.2) is 65.6 Å². The van der Waals surface area contributed by atoms with E-state index >= 15 is 0 Å². The van der Waals surface area contributed by atoms with E-state index in [9.17, 15) is 4.79 Å². The summed E-state index contributed by atoms with van der Waals surface area (Å²) in [6, 6.07) is 20.6. The van der Waals surface area contributed by atoms with Gasteiger partial charge in [0.15, 0.2) is 0 Å². The lowest BCUT2D eigenvalue weighted by atomic mass is 10.2. The first kappa shape index (κ1) is 20.2. The summed E-state index contributed by atoms with van der Waals surface area (Å²) in [7, 11) is 0. The monoisotopic (exact) mass is 406 g/mol. The average Bonchev–Trinajstić information content (AvgIpc) is 2.92. The van der Waals surface area contributed by atoms with Gasteiger partial charge in [-0.05, 0) is 56.1 Å². The molecule has 29 heavy (non-hydrogen) atoms. The van der Waals surface area contributed by atoms with Crippen molar-refractivity contribution in [3.05, 3.63) is 76.7 Å². The number of carbonyl (C=O) groups is 1. The predicted molar refractivity (Wildman–Crippen MR) is 122 cm³/mol. The second kappa shape index (κ2) is 10.1. The first-order chi connectivity index (χ1) is 14.3. The van der Waals surface area contributed by atoms with E-state index in [1.54, 1.807) is 11.8 Å². The average molecular weight is 407 g/mol. The molecule has 1 unspecified atom stereocenters. The Kier molecular flexibility index (Phi) is 7.07. The van der Waals surface area contributed by atoms with Gasteiger partial charge in [0.25, 0.3) is 5.91 Å². The van der Waals surface area contributed by atoms with Gasteiger partial charge in [-0.1, -0.05) is 85.3 Å². The lowest BCUT2D eigenvalue weighted by Gasteiger charge is -2.26. The molecule has 0 aromatic heterocycles. The Hall–Kier alpha value is -2.04. The quantitative estimate of drug-likeness (QED) is 0.586. The molecule has 0 N–H and O–H groups in total. The van der Waals surface area contributed by atoms with Crippen molar-refractivity contribution in [2.45, 2.75) is 37.5 Å². The highest BCUT2D eigenvalue weighted by molar-refractivity contribution is 8.04. The van der Waals surface area contributed by atoms with Crippen molar-refractivity contribution in [2.24, 2.45) is 0 Å². The van der Waals surface area contributed by atoms with Crippen molar-refractivity contribution < 1.29 is 4.79 Å². The van der Waals surface area contributed by atoms with Crippen molar-refractivity contribution in [2.75, 3.05) is 26.2 Å². The van der Waals surface area contributed by atoms with Gasteiger partial charge >= 0.3 is 0 Å². The van der Waals surface area contributed by atoms with Gasteiger partial charge in [-0.3, -0.25) is 4.79 Å². The summed E-state index contributed by atoms with van der Waals surface area (Å²) in [5.41, 5.74) is 2.29. The highest BCUT2D eigenvalue weighted by Gasteiger charge is 2.36. The molecule has 2 heterocycles. The Bertz CT molecular complexity index is 813. The fourth-order valence-electron chi connectivity index (χ4n) is 4.19. The number of carbonyl (C=O) groups excluding carboxylic acids is 1. The van der Waals surface area contributed by atoms with Gasteiger partial charge in [0.2, 0.25) is 0 Å². The molecule has 1 amide bonds. The molecule has 4 heteroatoms. The number of amides is 1. The van der Waals surface area contributed by atoms with Crippen LogP contribution in [0.4, 0.5) is 0 Å². The SMILES string of the molecule is O=C1C(=Cc2ccccc2)SC(c2ccccc2)N1CCCN1CCCCCC1. The number of rotatable bonds is 6. The fraction of sp³-hybridized carbons (Fsp3) is 0.400. The van der Waals surface area contributed by atoms with Crippen LogP contribution in [-0.4, -0.2) is 41.9 Å². The molecular weight excluding hydrogens is 376 g/mol. The number of benzene rings is 2. The molecule has 2 fully saturated rings. The van der Waals surface area contributed by atoms with Gasteiger partial charge in [0, 0.05) is 6.54 Å². The van der Waals surface area contributed by atoms with Crippen molar-refractivity contribution >= 4 is 23.7 Å². The Morgan fingerprint density at radius 2 is 1.52 bits per heavy atom. The predicted octanol–water partition coefficient (Wildman–Crippen LogP) is 5.57. The van der Waals surface area contributed by atoms with Gasteiger partial charge in [0.05, 0.1) is 4.91 Å². The zero-order valence-corrected chi connectivity index (χ0v) is 17.8. The number of likely N-dealkylation sites (tertiary alicyclic amines) is 1. The third-order valence-corrected chi connectivity index (χ3v) is 7.04. The van der Waals surface area contributed by atoms with Crippen LogP contribution >= 0.6 is 11.8 Å². The van der Waals surface area contributed by atoms with E-state index in [-0.39, 0.29) is 11.3 Å². The van der Waals surface area contributed by atoms with Crippen LogP contribution in [0.2, 0.25) is 0 Å². The second-order valence-electron chi connectivity index (χ2n) is 7.91. The number of thioether (sulfide) groups is 1. The maximum atomic E-state index is 13.3. The molecule has 0 spiro atoms. The molecule has 0 radical (unpaired) electrons. The summed E-state index contributed by atoms with van der Waals surface area (Å²) in [4.78, 5) is 18.8. The Morgan fingerprint density at radius 3 is 2.21 bits per heavy atom. The summed E-state index contributed by atoms with van der Waals surface area (Å²) in [6.45, 7) is 4.33. The highest BCUT2D eigenvalue weighted by Crippen LogP contribution is 2.46. The zero-order chi connectivity index (χ0) is 19.9. The van der Waals surface area contributed by atoms with Crippen LogP contribution in [0, 0.1) is 0 Å². The van der Waals surface area contributed by atoms with Crippen LogP contribution in [0.1, 0.15) is 48.6 Å². The van der Waals surface area contributed by atoms with E-state index < -0.39 is 0 Å². The normalized spacial score (nSPS) is 22.2. The maximum Gasteiger partial charge on any atom is 0.261 e. The van der Waals surface area contributed by atoms with Gasteiger partial charge < -0.3 is 9.80 Å². The number of hydrogen-bond acceptors (Lipinski definition) is 3. The third kappa shape index (κ3) is 5.31. The fourth-order valence-corrected chi connectivity index (χ4v) is 5.47. The van der Waals surface area contributed by atoms with E-state index in [2.05, 4.69) is 46.2 Å². The first-order valence-corrected chi connectivity index (χ1v) is 11.7. The molecule has 0 aliphatic carbocycles. The minimum atomic E-state index is 0.0720. The Labute approximate surface area is 178 Å². The summed E-state index contributed by atoms with van der Waals surface area (Å²) >= 11 is 1.69. The first-order valence-electron chi connectivity index (χ1n) is 10.8. The molecule has 2 aromatic rings. The standard InChI is InChI=1S/C25H30N2OS/c28-24-23(20-21-12-5-3-6-13-21)29-25(22-14-7-4-8-15-22)27(24)19-11-18-26-16-9-1-2-10-17-26/h3-8,12-15,20,25H,1-2,9-11,16-19H2. The van der Waals surface area contributed by atoms with Crippen molar-refractivity contribution in [1.29, 1.82) is 0 Å². The number of hydrogen-bond donors (Lipinski definition) is 0. The molecule has 3 nitrogen and oxygen atoms in total. The Morgan fingerprint density at radius 1 is 0.862 bits per heavy atom.